The van der Waals surface area contributed by atoms with Crippen molar-refractivity contribution >= 4 is 74.2 Å². The molecule has 1 aromatic heterocycles. The molecule has 0 atom stereocenters. The molecule has 0 bridgehead atoms. The SMILES string of the molecule is O=Cc1ccc(N(c2ccccc2)c2ccc(/C=C/c3ccc(Br)c4nsnc34)cc2)cc1. The molecule has 0 spiro atoms. The average Bonchev–Trinajstić information content (AvgIpc) is 3.37. The maximum atomic E-state index is 11.1. The monoisotopic (exact) mass is 511 g/mol. The summed E-state index contributed by atoms with van der Waals surface area (Å²) >= 11 is 4.75. The zero-order valence-electron chi connectivity index (χ0n) is 17.4. The van der Waals surface area contributed by atoms with Crippen LogP contribution in [0.15, 0.2) is 95.5 Å². The van der Waals surface area contributed by atoms with Crippen LogP contribution < -0.4 is 4.90 Å². The minimum absolute atomic E-state index is 0.657. The van der Waals surface area contributed by atoms with E-state index in [9.17, 15) is 4.79 Å². The van der Waals surface area contributed by atoms with Crippen LogP contribution in [0.1, 0.15) is 21.5 Å². The van der Waals surface area contributed by atoms with Gasteiger partial charge in [0.2, 0.25) is 0 Å². The van der Waals surface area contributed by atoms with Crippen LogP contribution in [0.25, 0.3) is 23.2 Å². The summed E-state index contributed by atoms with van der Waals surface area (Å²) in [5.74, 6) is 0. The van der Waals surface area contributed by atoms with Gasteiger partial charge in [-0.2, -0.15) is 8.75 Å². The van der Waals surface area contributed by atoms with Gasteiger partial charge in [0.25, 0.3) is 0 Å². The molecule has 0 N–H and O–H groups in total. The zero-order chi connectivity index (χ0) is 22.6. The number of fused-ring (bicyclic) bond motifs is 1. The molecule has 1 heterocycles. The molecule has 5 rings (SSSR count). The molecule has 6 heteroatoms. The summed E-state index contributed by atoms with van der Waals surface area (Å²) in [6.45, 7) is 0. The minimum atomic E-state index is 0.657. The van der Waals surface area contributed by atoms with Crippen molar-refractivity contribution in [2.75, 3.05) is 4.90 Å². The first-order valence-electron chi connectivity index (χ1n) is 10.3. The first-order chi connectivity index (χ1) is 16.2. The molecule has 0 aliphatic carbocycles. The van der Waals surface area contributed by atoms with Gasteiger partial charge < -0.3 is 4.90 Å². The Kier molecular flexibility index (Phi) is 6.11. The fourth-order valence-electron chi connectivity index (χ4n) is 3.64. The summed E-state index contributed by atoms with van der Waals surface area (Å²) in [6.07, 6.45) is 5.01. The molecule has 0 radical (unpaired) electrons. The number of carbonyl (C=O) groups excluding carboxylic acids is 1. The molecule has 0 amide bonds. The number of anilines is 3. The van der Waals surface area contributed by atoms with Gasteiger partial charge in [-0.1, -0.05) is 48.6 Å². The zero-order valence-corrected chi connectivity index (χ0v) is 19.8. The van der Waals surface area contributed by atoms with Crippen LogP contribution in [0, 0.1) is 0 Å². The Morgan fingerprint density at radius 3 is 1.94 bits per heavy atom. The maximum Gasteiger partial charge on any atom is 0.150 e. The van der Waals surface area contributed by atoms with E-state index in [-0.39, 0.29) is 0 Å². The lowest BCUT2D eigenvalue weighted by atomic mass is 10.1. The summed E-state index contributed by atoms with van der Waals surface area (Å²) in [6, 6.07) is 30.2. The van der Waals surface area contributed by atoms with Crippen molar-refractivity contribution in [2.45, 2.75) is 0 Å². The van der Waals surface area contributed by atoms with Gasteiger partial charge in [0, 0.05) is 32.7 Å². The number of aromatic nitrogens is 2. The number of aldehydes is 1. The Labute approximate surface area is 204 Å². The molecule has 160 valence electrons. The summed E-state index contributed by atoms with van der Waals surface area (Å²) < 4.78 is 9.74. The highest BCUT2D eigenvalue weighted by molar-refractivity contribution is 9.10. The molecule has 4 nitrogen and oxygen atoms in total. The van der Waals surface area contributed by atoms with E-state index in [1.807, 2.05) is 54.6 Å². The van der Waals surface area contributed by atoms with E-state index in [1.54, 1.807) is 0 Å². The fourth-order valence-corrected chi connectivity index (χ4v) is 4.74. The fraction of sp³-hybridized carbons (Fsp3) is 0. The van der Waals surface area contributed by atoms with E-state index in [4.69, 9.17) is 0 Å². The topological polar surface area (TPSA) is 46.1 Å². The number of para-hydroxylation sites is 1. The standard InChI is InChI=1S/C27H18BrN3OS/c28-25-17-12-21(26-27(25)30-33-29-26)11-6-19-7-13-23(14-8-19)31(22-4-2-1-3-5-22)24-15-9-20(18-32)10-16-24/h1-18H/b11-6+. The van der Waals surface area contributed by atoms with Crippen molar-refractivity contribution in [1.29, 1.82) is 0 Å². The van der Waals surface area contributed by atoms with Gasteiger partial charge in [0.1, 0.15) is 17.3 Å². The van der Waals surface area contributed by atoms with E-state index in [0.29, 0.717) is 5.56 Å². The number of hydrogen-bond acceptors (Lipinski definition) is 5. The molecule has 4 aromatic carbocycles. The van der Waals surface area contributed by atoms with E-state index in [1.165, 1.54) is 11.7 Å². The molecule has 0 aliphatic rings. The summed E-state index contributed by atoms with van der Waals surface area (Å²) in [5, 5.41) is 0. The van der Waals surface area contributed by atoms with Gasteiger partial charge >= 0.3 is 0 Å². The molecule has 0 saturated carbocycles. The number of rotatable bonds is 6. The van der Waals surface area contributed by atoms with Crippen LogP contribution in [-0.4, -0.2) is 15.0 Å². The quantitative estimate of drug-likeness (QED) is 0.171. The van der Waals surface area contributed by atoms with Crippen LogP contribution >= 0.6 is 27.7 Å². The molecule has 33 heavy (non-hydrogen) atoms. The van der Waals surface area contributed by atoms with Crippen molar-refractivity contribution < 1.29 is 4.79 Å². The largest absolute Gasteiger partial charge is 0.311 e. The molecule has 0 fully saturated rings. The number of nitrogens with zero attached hydrogens (tertiary/aromatic N) is 3. The van der Waals surface area contributed by atoms with Crippen LogP contribution in [0.4, 0.5) is 17.1 Å². The third kappa shape index (κ3) is 4.49. The van der Waals surface area contributed by atoms with E-state index < -0.39 is 0 Å². The second kappa shape index (κ2) is 9.48. The van der Waals surface area contributed by atoms with Gasteiger partial charge in [-0.15, -0.1) is 0 Å². The first-order valence-corrected chi connectivity index (χ1v) is 11.8. The van der Waals surface area contributed by atoms with Gasteiger partial charge in [-0.3, -0.25) is 4.79 Å². The van der Waals surface area contributed by atoms with E-state index in [0.717, 1.165) is 50.0 Å². The Morgan fingerprint density at radius 2 is 1.27 bits per heavy atom. The van der Waals surface area contributed by atoms with Crippen molar-refractivity contribution in [3.05, 3.63) is 112 Å². The van der Waals surface area contributed by atoms with Crippen molar-refractivity contribution in [3.8, 4) is 0 Å². The second-order valence-electron chi connectivity index (χ2n) is 7.40. The van der Waals surface area contributed by atoms with Gasteiger partial charge in [-0.25, -0.2) is 0 Å². The average molecular weight is 512 g/mol. The molecule has 5 aromatic rings. The summed E-state index contributed by atoms with van der Waals surface area (Å²) in [5.41, 5.74) is 7.63. The highest BCUT2D eigenvalue weighted by Gasteiger charge is 2.12. The number of halogens is 1. The Hall–Kier alpha value is -3.61. The predicted octanol–water partition coefficient (Wildman–Crippen LogP) is 7.91. The van der Waals surface area contributed by atoms with E-state index >= 15 is 0 Å². The molecular weight excluding hydrogens is 494 g/mol. The Balaban J connectivity index is 1.46. The maximum absolute atomic E-state index is 11.1. The molecule has 0 aliphatic heterocycles. The highest BCUT2D eigenvalue weighted by Crippen LogP contribution is 2.34. The Morgan fingerprint density at radius 1 is 0.667 bits per heavy atom. The second-order valence-corrected chi connectivity index (χ2v) is 8.79. The normalized spacial score (nSPS) is 11.2. The van der Waals surface area contributed by atoms with Crippen LogP contribution in [0.3, 0.4) is 0 Å². The first kappa shape index (κ1) is 21.2. The number of benzene rings is 4. The molecule has 0 unspecified atom stereocenters. The van der Waals surface area contributed by atoms with Crippen molar-refractivity contribution in [3.63, 3.8) is 0 Å². The number of hydrogen-bond donors (Lipinski definition) is 0. The molecule has 0 saturated heterocycles. The lowest BCUT2D eigenvalue weighted by Gasteiger charge is -2.25. The number of carbonyl (C=O) groups is 1. The van der Waals surface area contributed by atoms with Crippen LogP contribution in [0.5, 0.6) is 0 Å². The predicted molar refractivity (Wildman–Crippen MR) is 141 cm³/mol. The van der Waals surface area contributed by atoms with E-state index in [2.05, 4.69) is 78.1 Å². The van der Waals surface area contributed by atoms with Crippen molar-refractivity contribution in [1.82, 2.24) is 8.75 Å². The lowest BCUT2D eigenvalue weighted by Crippen LogP contribution is -2.09. The van der Waals surface area contributed by atoms with Gasteiger partial charge in [-0.05, 0) is 76.1 Å². The third-order valence-electron chi connectivity index (χ3n) is 5.31. The smallest absolute Gasteiger partial charge is 0.150 e. The minimum Gasteiger partial charge on any atom is -0.311 e. The molecular formula is C27H18BrN3OS. The highest BCUT2D eigenvalue weighted by atomic mass is 79.9. The van der Waals surface area contributed by atoms with Crippen LogP contribution in [-0.2, 0) is 0 Å². The van der Waals surface area contributed by atoms with Crippen LogP contribution in [0.2, 0.25) is 0 Å². The summed E-state index contributed by atoms with van der Waals surface area (Å²) in [7, 11) is 0. The Bertz CT molecular complexity index is 1430. The lowest BCUT2D eigenvalue weighted by molar-refractivity contribution is 0.112. The summed E-state index contributed by atoms with van der Waals surface area (Å²) in [4.78, 5) is 13.2. The van der Waals surface area contributed by atoms with Gasteiger partial charge in [0.05, 0.1) is 11.7 Å². The van der Waals surface area contributed by atoms with Crippen molar-refractivity contribution in [2.24, 2.45) is 0 Å². The third-order valence-corrected chi connectivity index (χ3v) is 6.47. The van der Waals surface area contributed by atoms with Gasteiger partial charge in [0.15, 0.2) is 0 Å².